The number of likely N-dealkylation sites (N-methyl/N-ethyl adjacent to an activating group) is 1. The fourth-order valence-electron chi connectivity index (χ4n) is 2.00. The molecular weight excluding hydrogens is 238 g/mol. The Labute approximate surface area is 116 Å². The molecule has 106 valence electrons. The van der Waals surface area contributed by atoms with Gasteiger partial charge in [-0.05, 0) is 50.4 Å². The third-order valence-corrected chi connectivity index (χ3v) is 3.30. The van der Waals surface area contributed by atoms with Gasteiger partial charge in [-0.25, -0.2) is 4.98 Å². The summed E-state index contributed by atoms with van der Waals surface area (Å²) >= 11 is 0. The number of hydrogen-bond donors (Lipinski definition) is 1. The van der Waals surface area contributed by atoms with Gasteiger partial charge in [0.1, 0.15) is 5.82 Å². The highest BCUT2D eigenvalue weighted by atomic mass is 16.5. The highest BCUT2D eigenvalue weighted by Crippen LogP contribution is 2.28. The average molecular weight is 263 g/mol. The Morgan fingerprint density at radius 1 is 1.47 bits per heavy atom. The van der Waals surface area contributed by atoms with E-state index in [0.717, 1.165) is 44.6 Å². The van der Waals surface area contributed by atoms with Crippen LogP contribution in [-0.4, -0.2) is 43.2 Å². The highest BCUT2D eigenvalue weighted by Gasteiger charge is 2.20. The Morgan fingerprint density at radius 3 is 3.05 bits per heavy atom. The van der Waals surface area contributed by atoms with Crippen LogP contribution in [-0.2, 0) is 11.3 Å². The van der Waals surface area contributed by atoms with E-state index >= 15 is 0 Å². The first-order chi connectivity index (χ1) is 9.28. The van der Waals surface area contributed by atoms with Crippen LogP contribution in [0.1, 0.15) is 25.3 Å². The van der Waals surface area contributed by atoms with Gasteiger partial charge in [-0.15, -0.1) is 0 Å². The van der Waals surface area contributed by atoms with Crippen molar-refractivity contribution in [1.29, 1.82) is 0 Å². The van der Waals surface area contributed by atoms with E-state index in [1.165, 1.54) is 18.4 Å². The van der Waals surface area contributed by atoms with E-state index < -0.39 is 0 Å². The molecule has 1 aromatic heterocycles. The van der Waals surface area contributed by atoms with Gasteiger partial charge >= 0.3 is 0 Å². The van der Waals surface area contributed by atoms with Gasteiger partial charge in [0.2, 0.25) is 0 Å². The molecule has 0 saturated heterocycles. The molecular formula is C15H25N3O. The molecule has 1 saturated carbocycles. The summed E-state index contributed by atoms with van der Waals surface area (Å²) in [6.45, 7) is 6.68. The molecule has 1 aliphatic carbocycles. The van der Waals surface area contributed by atoms with E-state index in [1.807, 2.05) is 6.20 Å². The van der Waals surface area contributed by atoms with Crippen LogP contribution in [0.15, 0.2) is 18.3 Å². The van der Waals surface area contributed by atoms with Crippen molar-refractivity contribution >= 4 is 5.82 Å². The van der Waals surface area contributed by atoms with Crippen LogP contribution in [0.25, 0.3) is 0 Å². The van der Waals surface area contributed by atoms with E-state index in [1.54, 1.807) is 0 Å². The zero-order valence-corrected chi connectivity index (χ0v) is 12.1. The molecule has 1 aliphatic rings. The quantitative estimate of drug-likeness (QED) is 0.694. The van der Waals surface area contributed by atoms with Crippen molar-refractivity contribution in [2.45, 2.75) is 26.3 Å². The number of ether oxygens (including phenoxy) is 1. The predicted molar refractivity (Wildman–Crippen MR) is 78.3 cm³/mol. The second-order valence-corrected chi connectivity index (χ2v) is 5.34. The summed E-state index contributed by atoms with van der Waals surface area (Å²) in [5, 5.41) is 3.24. The largest absolute Gasteiger partial charge is 0.380 e. The standard InChI is InChI=1S/C15H25N3O/c1-3-16-15-10-14(6-7-17-15)11-18(2)8-9-19-12-13-4-5-13/h6-7,10,13H,3-5,8-9,11-12H2,1-2H3,(H,16,17). The van der Waals surface area contributed by atoms with Gasteiger partial charge in [-0.1, -0.05) is 0 Å². The lowest BCUT2D eigenvalue weighted by molar-refractivity contribution is 0.102. The number of anilines is 1. The number of nitrogens with zero attached hydrogens (tertiary/aromatic N) is 2. The molecule has 0 unspecified atom stereocenters. The van der Waals surface area contributed by atoms with Crippen molar-refractivity contribution in [2.75, 3.05) is 38.7 Å². The monoisotopic (exact) mass is 263 g/mol. The van der Waals surface area contributed by atoms with Crippen LogP contribution in [0.4, 0.5) is 5.82 Å². The summed E-state index contributed by atoms with van der Waals surface area (Å²) in [6.07, 6.45) is 4.59. The Kier molecular flexibility index (Phi) is 5.61. The third-order valence-electron chi connectivity index (χ3n) is 3.30. The first-order valence-corrected chi connectivity index (χ1v) is 7.23. The topological polar surface area (TPSA) is 37.4 Å². The molecule has 19 heavy (non-hydrogen) atoms. The van der Waals surface area contributed by atoms with Gasteiger partial charge in [-0.3, -0.25) is 4.90 Å². The summed E-state index contributed by atoms with van der Waals surface area (Å²) in [7, 11) is 2.13. The maximum absolute atomic E-state index is 5.66. The fraction of sp³-hybridized carbons (Fsp3) is 0.667. The van der Waals surface area contributed by atoms with Crippen LogP contribution in [0, 0.1) is 5.92 Å². The minimum atomic E-state index is 0.831. The SMILES string of the molecule is CCNc1cc(CN(C)CCOCC2CC2)ccn1. The van der Waals surface area contributed by atoms with Crippen molar-refractivity contribution in [3.8, 4) is 0 Å². The molecule has 4 heteroatoms. The lowest BCUT2D eigenvalue weighted by Gasteiger charge is -2.17. The number of nitrogens with one attached hydrogen (secondary N) is 1. The summed E-state index contributed by atoms with van der Waals surface area (Å²) in [4.78, 5) is 6.57. The second kappa shape index (κ2) is 7.46. The Morgan fingerprint density at radius 2 is 2.32 bits per heavy atom. The van der Waals surface area contributed by atoms with Gasteiger partial charge in [0.05, 0.1) is 6.61 Å². The molecule has 1 aromatic rings. The summed E-state index contributed by atoms with van der Waals surface area (Å²) in [5.74, 6) is 1.81. The highest BCUT2D eigenvalue weighted by molar-refractivity contribution is 5.37. The molecule has 0 aromatic carbocycles. The number of aromatic nitrogens is 1. The van der Waals surface area contributed by atoms with Crippen LogP contribution < -0.4 is 5.32 Å². The minimum absolute atomic E-state index is 0.831. The second-order valence-electron chi connectivity index (χ2n) is 5.34. The van der Waals surface area contributed by atoms with E-state index in [4.69, 9.17) is 4.74 Å². The lowest BCUT2D eigenvalue weighted by atomic mass is 10.2. The van der Waals surface area contributed by atoms with Gasteiger partial charge in [0, 0.05) is 32.4 Å². The molecule has 1 heterocycles. The maximum atomic E-state index is 5.66. The van der Waals surface area contributed by atoms with Crippen molar-refractivity contribution in [3.63, 3.8) is 0 Å². The third kappa shape index (κ3) is 5.57. The van der Waals surface area contributed by atoms with Gasteiger partial charge in [0.25, 0.3) is 0 Å². The molecule has 2 rings (SSSR count). The van der Waals surface area contributed by atoms with Crippen LogP contribution in [0.5, 0.6) is 0 Å². The summed E-state index contributed by atoms with van der Waals surface area (Å²) in [6, 6.07) is 4.19. The molecule has 0 bridgehead atoms. The molecule has 0 spiro atoms. The van der Waals surface area contributed by atoms with E-state index in [0.29, 0.717) is 0 Å². The van der Waals surface area contributed by atoms with Gasteiger partial charge < -0.3 is 10.1 Å². The predicted octanol–water partition coefficient (Wildman–Crippen LogP) is 2.37. The zero-order chi connectivity index (χ0) is 13.5. The molecule has 0 atom stereocenters. The zero-order valence-electron chi connectivity index (χ0n) is 12.1. The Hall–Kier alpha value is -1.13. The number of hydrogen-bond acceptors (Lipinski definition) is 4. The fourth-order valence-corrected chi connectivity index (χ4v) is 2.00. The average Bonchev–Trinajstić information content (AvgIpc) is 3.20. The smallest absolute Gasteiger partial charge is 0.126 e. The van der Waals surface area contributed by atoms with Crippen LogP contribution in [0.3, 0.4) is 0 Å². The van der Waals surface area contributed by atoms with Gasteiger partial charge in [0.15, 0.2) is 0 Å². The normalized spacial score (nSPS) is 14.9. The number of pyridine rings is 1. The van der Waals surface area contributed by atoms with Crippen LogP contribution >= 0.6 is 0 Å². The maximum Gasteiger partial charge on any atom is 0.126 e. The summed E-state index contributed by atoms with van der Waals surface area (Å²) < 4.78 is 5.66. The van der Waals surface area contributed by atoms with Crippen molar-refractivity contribution < 1.29 is 4.74 Å². The molecule has 0 amide bonds. The molecule has 1 N–H and O–H groups in total. The van der Waals surface area contributed by atoms with Crippen molar-refractivity contribution in [2.24, 2.45) is 5.92 Å². The molecule has 1 fully saturated rings. The minimum Gasteiger partial charge on any atom is -0.380 e. The van der Waals surface area contributed by atoms with E-state index in [-0.39, 0.29) is 0 Å². The molecule has 0 aliphatic heterocycles. The van der Waals surface area contributed by atoms with E-state index in [2.05, 4.69) is 41.3 Å². The Bertz CT molecular complexity index is 379. The first kappa shape index (κ1) is 14.3. The molecule has 0 radical (unpaired) electrons. The van der Waals surface area contributed by atoms with Gasteiger partial charge in [-0.2, -0.15) is 0 Å². The summed E-state index contributed by atoms with van der Waals surface area (Å²) in [5.41, 5.74) is 1.29. The lowest BCUT2D eigenvalue weighted by Crippen LogP contribution is -2.23. The molecule has 4 nitrogen and oxygen atoms in total. The van der Waals surface area contributed by atoms with Crippen molar-refractivity contribution in [3.05, 3.63) is 23.9 Å². The van der Waals surface area contributed by atoms with Crippen molar-refractivity contribution in [1.82, 2.24) is 9.88 Å². The first-order valence-electron chi connectivity index (χ1n) is 7.23. The van der Waals surface area contributed by atoms with Crippen LogP contribution in [0.2, 0.25) is 0 Å². The van der Waals surface area contributed by atoms with E-state index in [9.17, 15) is 0 Å². The number of rotatable bonds is 9. The Balaban J connectivity index is 1.67.